The fourth-order valence-electron chi connectivity index (χ4n) is 3.47. The SMILES string of the molecule is CNC(=O)C(C)N(Cc1ccccc1C)C(=O)CN(c1cc(C)cc(C)c1)S(C)(=O)=O. The number of likely N-dealkylation sites (N-methyl/N-ethyl adjacent to an activating group) is 1. The fourth-order valence-corrected chi connectivity index (χ4v) is 4.30. The molecule has 8 heteroatoms. The number of anilines is 1. The van der Waals surface area contributed by atoms with Crippen LogP contribution in [0.3, 0.4) is 0 Å². The van der Waals surface area contributed by atoms with E-state index in [0.717, 1.165) is 32.8 Å². The first-order valence-corrected chi connectivity index (χ1v) is 11.9. The molecule has 31 heavy (non-hydrogen) atoms. The Labute approximate surface area is 185 Å². The van der Waals surface area contributed by atoms with Gasteiger partial charge in [0, 0.05) is 13.6 Å². The van der Waals surface area contributed by atoms with E-state index < -0.39 is 28.5 Å². The van der Waals surface area contributed by atoms with Crippen molar-refractivity contribution in [2.24, 2.45) is 0 Å². The van der Waals surface area contributed by atoms with Gasteiger partial charge in [-0.15, -0.1) is 0 Å². The van der Waals surface area contributed by atoms with E-state index in [1.807, 2.05) is 51.1 Å². The highest BCUT2D eigenvalue weighted by molar-refractivity contribution is 7.92. The van der Waals surface area contributed by atoms with Gasteiger partial charge in [-0.3, -0.25) is 13.9 Å². The molecular formula is C23H31N3O4S. The molecule has 1 unspecified atom stereocenters. The molecule has 168 valence electrons. The lowest BCUT2D eigenvalue weighted by Gasteiger charge is -2.31. The smallest absolute Gasteiger partial charge is 0.244 e. The molecule has 0 aliphatic carbocycles. The number of carbonyl (C=O) groups excluding carboxylic acids is 2. The van der Waals surface area contributed by atoms with Crippen LogP contribution in [0.2, 0.25) is 0 Å². The zero-order valence-corrected chi connectivity index (χ0v) is 19.8. The largest absolute Gasteiger partial charge is 0.357 e. The third-order valence-electron chi connectivity index (χ3n) is 5.19. The van der Waals surface area contributed by atoms with E-state index in [9.17, 15) is 18.0 Å². The minimum Gasteiger partial charge on any atom is -0.357 e. The lowest BCUT2D eigenvalue weighted by atomic mass is 10.1. The first-order chi connectivity index (χ1) is 14.4. The molecule has 0 heterocycles. The molecule has 1 N–H and O–H groups in total. The highest BCUT2D eigenvalue weighted by Gasteiger charge is 2.30. The summed E-state index contributed by atoms with van der Waals surface area (Å²) < 4.78 is 26.2. The molecule has 0 aliphatic rings. The second-order valence-corrected chi connectivity index (χ2v) is 9.76. The zero-order chi connectivity index (χ0) is 23.3. The Morgan fingerprint density at radius 1 is 1.03 bits per heavy atom. The van der Waals surface area contributed by atoms with Crippen LogP contribution in [-0.4, -0.2) is 51.0 Å². The number of rotatable bonds is 8. The number of amides is 2. The van der Waals surface area contributed by atoms with Crippen molar-refractivity contribution in [1.29, 1.82) is 0 Å². The van der Waals surface area contributed by atoms with E-state index in [1.54, 1.807) is 19.1 Å². The van der Waals surface area contributed by atoms with Gasteiger partial charge in [-0.1, -0.05) is 30.3 Å². The third-order valence-corrected chi connectivity index (χ3v) is 6.33. The van der Waals surface area contributed by atoms with Crippen LogP contribution < -0.4 is 9.62 Å². The summed E-state index contributed by atoms with van der Waals surface area (Å²) in [5.74, 6) is -0.775. The zero-order valence-electron chi connectivity index (χ0n) is 19.0. The van der Waals surface area contributed by atoms with Gasteiger partial charge in [0.25, 0.3) is 0 Å². The van der Waals surface area contributed by atoms with Crippen LogP contribution in [0.5, 0.6) is 0 Å². The number of hydrogen-bond donors (Lipinski definition) is 1. The normalized spacial score (nSPS) is 12.2. The van der Waals surface area contributed by atoms with Gasteiger partial charge in [0.05, 0.1) is 11.9 Å². The molecule has 0 bridgehead atoms. The Bertz CT molecular complexity index is 1050. The topological polar surface area (TPSA) is 86.8 Å². The van der Waals surface area contributed by atoms with E-state index in [2.05, 4.69) is 5.32 Å². The van der Waals surface area contributed by atoms with Crippen LogP contribution in [0.4, 0.5) is 5.69 Å². The number of nitrogens with one attached hydrogen (secondary N) is 1. The summed E-state index contributed by atoms with van der Waals surface area (Å²) in [6, 6.07) is 12.2. The van der Waals surface area contributed by atoms with Gasteiger partial charge in [-0.2, -0.15) is 0 Å². The molecule has 0 saturated heterocycles. The van der Waals surface area contributed by atoms with E-state index in [0.29, 0.717) is 5.69 Å². The molecule has 2 amide bonds. The van der Waals surface area contributed by atoms with Crippen LogP contribution in [0.15, 0.2) is 42.5 Å². The van der Waals surface area contributed by atoms with Crippen molar-refractivity contribution in [1.82, 2.24) is 10.2 Å². The highest BCUT2D eigenvalue weighted by atomic mass is 32.2. The number of sulfonamides is 1. The van der Waals surface area contributed by atoms with E-state index in [1.165, 1.54) is 11.9 Å². The van der Waals surface area contributed by atoms with Crippen molar-refractivity contribution in [3.05, 3.63) is 64.7 Å². The number of aryl methyl sites for hydroxylation is 3. The lowest BCUT2D eigenvalue weighted by molar-refractivity contribution is -0.139. The summed E-state index contributed by atoms with van der Waals surface area (Å²) in [5.41, 5.74) is 4.09. The second kappa shape index (κ2) is 9.96. The summed E-state index contributed by atoms with van der Waals surface area (Å²) >= 11 is 0. The summed E-state index contributed by atoms with van der Waals surface area (Å²) in [5, 5.41) is 2.57. The average molecular weight is 446 g/mol. The average Bonchev–Trinajstić information content (AvgIpc) is 2.68. The Morgan fingerprint density at radius 3 is 2.13 bits per heavy atom. The Morgan fingerprint density at radius 2 is 1.61 bits per heavy atom. The number of carbonyl (C=O) groups is 2. The van der Waals surface area contributed by atoms with Crippen molar-refractivity contribution >= 4 is 27.5 Å². The number of hydrogen-bond acceptors (Lipinski definition) is 4. The molecule has 0 saturated carbocycles. The van der Waals surface area contributed by atoms with Crippen molar-refractivity contribution in [2.45, 2.75) is 40.3 Å². The molecule has 2 aromatic rings. The first kappa shape index (κ1) is 24.4. The molecule has 2 rings (SSSR count). The molecule has 7 nitrogen and oxygen atoms in total. The van der Waals surface area contributed by atoms with E-state index in [4.69, 9.17) is 0 Å². The minimum absolute atomic E-state index is 0.199. The van der Waals surface area contributed by atoms with Gasteiger partial charge in [0.1, 0.15) is 12.6 Å². The maximum absolute atomic E-state index is 13.4. The van der Waals surface area contributed by atoms with Crippen molar-refractivity contribution in [3.8, 4) is 0 Å². The highest BCUT2D eigenvalue weighted by Crippen LogP contribution is 2.22. The molecular weight excluding hydrogens is 414 g/mol. The monoisotopic (exact) mass is 445 g/mol. The number of benzene rings is 2. The van der Waals surface area contributed by atoms with Gasteiger partial charge in [0.15, 0.2) is 0 Å². The second-order valence-electron chi connectivity index (χ2n) is 7.85. The van der Waals surface area contributed by atoms with Gasteiger partial charge in [0.2, 0.25) is 21.8 Å². The molecule has 0 spiro atoms. The van der Waals surface area contributed by atoms with E-state index in [-0.39, 0.29) is 12.5 Å². The Hall–Kier alpha value is -2.87. The van der Waals surface area contributed by atoms with Crippen LogP contribution in [0.25, 0.3) is 0 Å². The Kier molecular flexibility index (Phi) is 7.84. The maximum Gasteiger partial charge on any atom is 0.244 e. The molecule has 0 fully saturated rings. The van der Waals surface area contributed by atoms with Crippen molar-refractivity contribution < 1.29 is 18.0 Å². The third kappa shape index (κ3) is 6.30. The molecule has 0 radical (unpaired) electrons. The quantitative estimate of drug-likeness (QED) is 0.677. The van der Waals surface area contributed by atoms with Crippen molar-refractivity contribution in [2.75, 3.05) is 24.2 Å². The van der Waals surface area contributed by atoms with Gasteiger partial charge in [-0.05, 0) is 62.1 Å². The molecule has 0 aliphatic heterocycles. The van der Waals surface area contributed by atoms with Crippen LogP contribution in [-0.2, 0) is 26.2 Å². The summed E-state index contributed by atoms with van der Waals surface area (Å²) in [6.45, 7) is 7.12. The van der Waals surface area contributed by atoms with Crippen LogP contribution >= 0.6 is 0 Å². The van der Waals surface area contributed by atoms with Crippen molar-refractivity contribution in [3.63, 3.8) is 0 Å². The predicted molar refractivity (Wildman–Crippen MR) is 123 cm³/mol. The summed E-state index contributed by atoms with van der Waals surface area (Å²) in [6.07, 6.45) is 1.08. The molecule has 0 aromatic heterocycles. The van der Waals surface area contributed by atoms with Crippen LogP contribution in [0, 0.1) is 20.8 Å². The summed E-state index contributed by atoms with van der Waals surface area (Å²) in [4.78, 5) is 27.1. The molecule has 1 atom stereocenters. The van der Waals surface area contributed by atoms with E-state index >= 15 is 0 Å². The summed E-state index contributed by atoms with van der Waals surface area (Å²) in [7, 11) is -2.22. The predicted octanol–water partition coefficient (Wildman–Crippen LogP) is 2.54. The maximum atomic E-state index is 13.4. The standard InChI is InChI=1S/C23H31N3O4S/c1-16-11-17(2)13-21(12-16)26(31(6,29)30)15-22(27)25(19(4)23(28)24-5)14-20-10-8-7-9-18(20)3/h7-13,19H,14-15H2,1-6H3,(H,24,28). The lowest BCUT2D eigenvalue weighted by Crippen LogP contribution is -2.50. The Balaban J connectivity index is 2.43. The molecule has 2 aromatic carbocycles. The van der Waals surface area contributed by atoms with Gasteiger partial charge >= 0.3 is 0 Å². The van der Waals surface area contributed by atoms with Gasteiger partial charge < -0.3 is 10.2 Å². The number of nitrogens with zero attached hydrogens (tertiary/aromatic N) is 2. The van der Waals surface area contributed by atoms with Crippen LogP contribution in [0.1, 0.15) is 29.2 Å². The minimum atomic E-state index is -3.73. The van der Waals surface area contributed by atoms with Gasteiger partial charge in [-0.25, -0.2) is 8.42 Å². The fraction of sp³-hybridized carbons (Fsp3) is 0.391. The first-order valence-electron chi connectivity index (χ1n) is 10.1.